The third-order valence-electron chi connectivity index (χ3n) is 5.31. The Balaban J connectivity index is 2.05. The molecule has 0 bridgehead atoms. The summed E-state index contributed by atoms with van der Waals surface area (Å²) in [5.41, 5.74) is 0.699. The zero-order chi connectivity index (χ0) is 24.2. The minimum Gasteiger partial charge on any atom is -0.497 e. The molecule has 8 nitrogen and oxygen atoms in total. The van der Waals surface area contributed by atoms with E-state index in [1.807, 2.05) is 0 Å². The third kappa shape index (κ3) is 6.11. The first-order valence-corrected chi connectivity index (χ1v) is 10.8. The predicted molar refractivity (Wildman–Crippen MR) is 118 cm³/mol. The molecular weight excluding hydrogens is 435 g/mol. The first kappa shape index (κ1) is 25.2. The lowest BCUT2D eigenvalue weighted by Gasteiger charge is -2.22. The highest BCUT2D eigenvalue weighted by molar-refractivity contribution is 5.97. The lowest BCUT2D eigenvalue weighted by Crippen LogP contribution is -2.36. The number of benzene rings is 1. The number of carbonyl (C=O) groups excluding carboxylic acids is 1. The SMILES string of the molecule is COCOc1cc(OC)cc2c1C(=O)OC(C)CC=C(F)C(O)C1OC(C)(C)O[C@H]1CC=C2. The Morgan fingerprint density at radius 3 is 2.67 bits per heavy atom. The molecule has 9 heteroatoms. The molecule has 3 unspecified atom stereocenters. The van der Waals surface area contributed by atoms with Gasteiger partial charge in [-0.05, 0) is 44.9 Å². The molecule has 2 aliphatic heterocycles. The maximum Gasteiger partial charge on any atom is 0.342 e. The van der Waals surface area contributed by atoms with Crippen LogP contribution in [0.2, 0.25) is 0 Å². The maximum atomic E-state index is 14.7. The number of aliphatic hydroxyl groups is 1. The second-order valence-electron chi connectivity index (χ2n) is 8.40. The molecule has 0 saturated carbocycles. The van der Waals surface area contributed by atoms with E-state index in [1.165, 1.54) is 20.3 Å². The Hall–Kier alpha value is -2.46. The lowest BCUT2D eigenvalue weighted by molar-refractivity contribution is -0.153. The van der Waals surface area contributed by atoms with Gasteiger partial charge in [0.1, 0.15) is 41.2 Å². The van der Waals surface area contributed by atoms with Gasteiger partial charge >= 0.3 is 5.97 Å². The molecule has 3 rings (SSSR count). The molecule has 0 aliphatic carbocycles. The van der Waals surface area contributed by atoms with E-state index in [0.717, 1.165) is 0 Å². The minimum absolute atomic E-state index is 0.0614. The summed E-state index contributed by atoms with van der Waals surface area (Å²) < 4.78 is 47.9. The average Bonchev–Trinajstić information content (AvgIpc) is 3.08. The molecule has 2 heterocycles. The quantitative estimate of drug-likeness (QED) is 0.530. The fourth-order valence-electron chi connectivity index (χ4n) is 3.80. The van der Waals surface area contributed by atoms with E-state index in [0.29, 0.717) is 17.7 Å². The summed E-state index contributed by atoms with van der Waals surface area (Å²) in [6.07, 6.45) is 1.37. The Morgan fingerprint density at radius 2 is 1.97 bits per heavy atom. The molecule has 0 amide bonds. The van der Waals surface area contributed by atoms with Crippen molar-refractivity contribution in [2.24, 2.45) is 0 Å². The van der Waals surface area contributed by atoms with Crippen LogP contribution in [0, 0.1) is 0 Å². The molecule has 0 spiro atoms. The van der Waals surface area contributed by atoms with E-state index < -0.39 is 42.0 Å². The molecule has 1 aromatic rings. The second kappa shape index (κ2) is 10.6. The molecular formula is C24H31FO8. The lowest BCUT2D eigenvalue weighted by atomic mass is 10.0. The number of halogens is 1. The van der Waals surface area contributed by atoms with Crippen LogP contribution in [0.15, 0.2) is 30.1 Å². The highest BCUT2D eigenvalue weighted by Crippen LogP contribution is 2.35. The van der Waals surface area contributed by atoms with Crippen LogP contribution in [0.4, 0.5) is 4.39 Å². The zero-order valence-electron chi connectivity index (χ0n) is 19.5. The van der Waals surface area contributed by atoms with Crippen molar-refractivity contribution in [2.75, 3.05) is 21.0 Å². The summed E-state index contributed by atoms with van der Waals surface area (Å²) in [7, 11) is 2.98. The van der Waals surface area contributed by atoms with E-state index in [2.05, 4.69) is 0 Å². The van der Waals surface area contributed by atoms with Crippen LogP contribution >= 0.6 is 0 Å². The highest BCUT2D eigenvalue weighted by Gasteiger charge is 2.45. The largest absolute Gasteiger partial charge is 0.497 e. The van der Waals surface area contributed by atoms with Gasteiger partial charge in [-0.2, -0.15) is 0 Å². The Kier molecular flexibility index (Phi) is 8.12. The van der Waals surface area contributed by atoms with Crippen molar-refractivity contribution < 1.29 is 42.7 Å². The van der Waals surface area contributed by atoms with Crippen molar-refractivity contribution >= 4 is 12.0 Å². The van der Waals surface area contributed by atoms with Crippen molar-refractivity contribution in [2.45, 2.75) is 63.8 Å². The van der Waals surface area contributed by atoms with Crippen LogP contribution in [0.3, 0.4) is 0 Å². The molecule has 0 radical (unpaired) electrons. The molecule has 1 N–H and O–H groups in total. The third-order valence-corrected chi connectivity index (χ3v) is 5.31. The van der Waals surface area contributed by atoms with Gasteiger partial charge in [0.25, 0.3) is 0 Å². The number of aliphatic hydroxyl groups excluding tert-OH is 1. The number of rotatable bonds is 4. The van der Waals surface area contributed by atoms with Gasteiger partial charge in [-0.25, -0.2) is 9.18 Å². The normalized spacial score (nSPS) is 27.6. The summed E-state index contributed by atoms with van der Waals surface area (Å²) in [6, 6.07) is 3.26. The first-order valence-electron chi connectivity index (χ1n) is 10.8. The molecule has 33 heavy (non-hydrogen) atoms. The van der Waals surface area contributed by atoms with Gasteiger partial charge in [-0.3, -0.25) is 0 Å². The topological polar surface area (TPSA) is 92.7 Å². The molecule has 1 fully saturated rings. The number of fused-ring (bicyclic) bond motifs is 2. The highest BCUT2D eigenvalue weighted by atomic mass is 19.1. The summed E-state index contributed by atoms with van der Waals surface area (Å²) in [5, 5.41) is 10.5. The average molecular weight is 467 g/mol. The van der Waals surface area contributed by atoms with Crippen LogP contribution < -0.4 is 9.47 Å². The number of hydrogen-bond acceptors (Lipinski definition) is 8. The van der Waals surface area contributed by atoms with Gasteiger partial charge in [0.05, 0.1) is 13.2 Å². The van der Waals surface area contributed by atoms with Crippen molar-refractivity contribution in [3.63, 3.8) is 0 Å². The number of carbonyl (C=O) groups is 1. The zero-order valence-corrected chi connectivity index (χ0v) is 19.5. The predicted octanol–water partition coefficient (Wildman–Crippen LogP) is 3.76. The molecule has 2 aliphatic rings. The summed E-state index contributed by atoms with van der Waals surface area (Å²) in [5.74, 6) is -1.66. The minimum atomic E-state index is -1.50. The summed E-state index contributed by atoms with van der Waals surface area (Å²) >= 11 is 0. The molecule has 182 valence electrons. The number of cyclic esters (lactones) is 1. The smallest absolute Gasteiger partial charge is 0.342 e. The Labute approximate surface area is 192 Å². The Morgan fingerprint density at radius 1 is 1.21 bits per heavy atom. The fourth-order valence-corrected chi connectivity index (χ4v) is 3.80. The number of esters is 1. The van der Waals surface area contributed by atoms with Crippen molar-refractivity contribution in [1.82, 2.24) is 0 Å². The molecule has 4 atom stereocenters. The maximum absolute atomic E-state index is 14.7. The summed E-state index contributed by atoms with van der Waals surface area (Å²) in [6.45, 7) is 4.97. The van der Waals surface area contributed by atoms with Crippen molar-refractivity contribution in [3.8, 4) is 11.5 Å². The van der Waals surface area contributed by atoms with Crippen molar-refractivity contribution in [1.29, 1.82) is 0 Å². The van der Waals surface area contributed by atoms with Gasteiger partial charge < -0.3 is 33.5 Å². The van der Waals surface area contributed by atoms with Crippen LogP contribution in [0.1, 0.15) is 49.5 Å². The van der Waals surface area contributed by atoms with E-state index in [1.54, 1.807) is 45.1 Å². The van der Waals surface area contributed by atoms with Crippen LogP contribution in [0.5, 0.6) is 11.5 Å². The van der Waals surface area contributed by atoms with Gasteiger partial charge in [-0.1, -0.05) is 12.2 Å². The van der Waals surface area contributed by atoms with Gasteiger partial charge in [-0.15, -0.1) is 0 Å². The summed E-state index contributed by atoms with van der Waals surface area (Å²) in [4.78, 5) is 13.1. The van der Waals surface area contributed by atoms with Gasteiger partial charge in [0.15, 0.2) is 12.6 Å². The second-order valence-corrected chi connectivity index (χ2v) is 8.40. The van der Waals surface area contributed by atoms with Crippen LogP contribution in [-0.2, 0) is 18.9 Å². The number of methoxy groups -OCH3 is 2. The standard InChI is InChI=1S/C24H31FO8/c1-14-9-10-17(25)21(26)22-18(32-24(2,3)33-22)8-6-7-15-11-16(29-5)12-19(30-13-28-4)20(15)23(27)31-14/h6-7,10-12,14,18,21-22,26H,8-9,13H2,1-5H3/t14?,18-,21?,22?/m0/s1. The monoisotopic (exact) mass is 466 g/mol. The first-order chi connectivity index (χ1) is 15.6. The van der Waals surface area contributed by atoms with Crippen molar-refractivity contribution in [3.05, 3.63) is 41.2 Å². The van der Waals surface area contributed by atoms with E-state index in [4.69, 9.17) is 28.4 Å². The molecule has 0 aromatic heterocycles. The number of ether oxygens (including phenoxy) is 6. The Bertz CT molecular complexity index is 910. The van der Waals surface area contributed by atoms with Gasteiger partial charge in [0, 0.05) is 19.6 Å². The molecule has 1 aromatic carbocycles. The number of hydrogen-bond donors (Lipinski definition) is 1. The van der Waals surface area contributed by atoms with Crippen LogP contribution in [0.25, 0.3) is 6.08 Å². The van der Waals surface area contributed by atoms with E-state index >= 15 is 0 Å². The molecule has 1 saturated heterocycles. The van der Waals surface area contributed by atoms with E-state index in [-0.39, 0.29) is 24.5 Å². The fraction of sp³-hybridized carbons (Fsp3) is 0.542. The van der Waals surface area contributed by atoms with Gasteiger partial charge in [0.2, 0.25) is 0 Å². The van der Waals surface area contributed by atoms with E-state index in [9.17, 15) is 14.3 Å². The van der Waals surface area contributed by atoms with Crippen LogP contribution in [-0.4, -0.2) is 62.3 Å².